The topological polar surface area (TPSA) is 87.5 Å². The fourth-order valence-corrected chi connectivity index (χ4v) is 3.92. The molecule has 31 heavy (non-hydrogen) atoms. The first-order valence-electron chi connectivity index (χ1n) is 8.79. The van der Waals surface area contributed by atoms with Gasteiger partial charge in [0.2, 0.25) is 0 Å². The summed E-state index contributed by atoms with van der Waals surface area (Å²) in [7, 11) is 1.52. The lowest BCUT2D eigenvalue weighted by Gasteiger charge is -2.09. The monoisotopic (exact) mass is 471 g/mol. The molecule has 0 atom stereocenters. The predicted molar refractivity (Wildman–Crippen MR) is 111 cm³/mol. The number of halogens is 4. The lowest BCUT2D eigenvalue weighted by molar-refractivity contribution is -0.137. The molecule has 6 nitrogen and oxygen atoms in total. The van der Waals surface area contributed by atoms with Gasteiger partial charge in [-0.15, -0.1) is 11.3 Å². The number of thiazole rings is 1. The number of methoxy groups -OCH3 is 1. The van der Waals surface area contributed by atoms with Crippen molar-refractivity contribution < 1.29 is 27.9 Å². The first-order chi connectivity index (χ1) is 14.7. The van der Waals surface area contributed by atoms with E-state index in [9.17, 15) is 13.2 Å². The van der Waals surface area contributed by atoms with Crippen LogP contribution in [-0.4, -0.2) is 23.1 Å². The highest BCUT2D eigenvalue weighted by Gasteiger charge is 2.30. The maximum Gasteiger partial charge on any atom is 0.416 e. The molecule has 11 heteroatoms. The van der Waals surface area contributed by atoms with E-state index in [0.29, 0.717) is 27.6 Å². The summed E-state index contributed by atoms with van der Waals surface area (Å²) in [6.45, 7) is 0.358. The van der Waals surface area contributed by atoms with E-state index >= 15 is 0 Å². The number of nitrogens with zero attached hydrogens (tertiary/aromatic N) is 1. The van der Waals surface area contributed by atoms with Crippen molar-refractivity contribution in [1.29, 1.82) is 5.41 Å². The van der Waals surface area contributed by atoms with Gasteiger partial charge in [-0.3, -0.25) is 16.1 Å². The van der Waals surface area contributed by atoms with E-state index in [4.69, 9.17) is 31.7 Å². The summed E-state index contributed by atoms with van der Waals surface area (Å²) in [6, 6.07) is 9.44. The van der Waals surface area contributed by atoms with Crippen molar-refractivity contribution in [2.75, 3.05) is 7.11 Å². The lowest BCUT2D eigenvalue weighted by Crippen LogP contribution is -2.19. The number of alkyl halides is 3. The minimum absolute atomic E-state index is 0.141. The molecule has 0 radical (unpaired) electrons. The van der Waals surface area contributed by atoms with Gasteiger partial charge < -0.3 is 9.47 Å². The van der Waals surface area contributed by atoms with Crippen LogP contribution in [0.2, 0.25) is 5.02 Å². The molecule has 0 bridgehead atoms. The number of hydroxylamine groups is 1. The van der Waals surface area contributed by atoms with Crippen LogP contribution in [0.4, 0.5) is 13.2 Å². The van der Waals surface area contributed by atoms with E-state index < -0.39 is 11.7 Å². The van der Waals surface area contributed by atoms with Crippen LogP contribution < -0.4 is 10.2 Å². The van der Waals surface area contributed by atoms with E-state index in [1.807, 2.05) is 0 Å². The predicted octanol–water partition coefficient (Wildman–Crippen LogP) is 5.51. The van der Waals surface area contributed by atoms with Crippen molar-refractivity contribution in [2.24, 2.45) is 0 Å². The van der Waals surface area contributed by atoms with Crippen molar-refractivity contribution in [3.05, 3.63) is 69.2 Å². The standard InChI is InChI=1S/C20H17ClF3N3O3S/c1-29-9-16-17(10-30-13-6-7-14(15(21)8-13)18(25)27-28)31-19(26-16)11-2-4-12(5-3-11)20(22,23)24/h2-8,28H,9-10H2,1H3,(H2,25,27). The van der Waals surface area contributed by atoms with Crippen LogP contribution in [0.15, 0.2) is 42.5 Å². The average molecular weight is 472 g/mol. The summed E-state index contributed by atoms with van der Waals surface area (Å²) in [5.74, 6) is 0.190. The third-order valence-electron chi connectivity index (χ3n) is 4.21. The number of amidine groups is 1. The zero-order valence-corrected chi connectivity index (χ0v) is 17.7. The van der Waals surface area contributed by atoms with Gasteiger partial charge in [0.25, 0.3) is 0 Å². The molecule has 0 amide bonds. The molecular formula is C20H17ClF3N3O3S. The first kappa shape index (κ1) is 23.0. The number of hydrogen-bond acceptors (Lipinski definition) is 6. The highest BCUT2D eigenvalue weighted by atomic mass is 35.5. The Kier molecular flexibility index (Phi) is 7.16. The summed E-state index contributed by atoms with van der Waals surface area (Å²) in [4.78, 5) is 5.23. The van der Waals surface area contributed by atoms with Crippen LogP contribution >= 0.6 is 22.9 Å². The Morgan fingerprint density at radius 1 is 1.19 bits per heavy atom. The molecular weight excluding hydrogens is 455 g/mol. The Morgan fingerprint density at radius 3 is 2.48 bits per heavy atom. The molecule has 0 aliphatic heterocycles. The van der Waals surface area contributed by atoms with Gasteiger partial charge in [0.05, 0.1) is 27.8 Å². The van der Waals surface area contributed by atoms with Gasteiger partial charge in [0.1, 0.15) is 17.4 Å². The lowest BCUT2D eigenvalue weighted by atomic mass is 10.1. The van der Waals surface area contributed by atoms with E-state index in [-0.39, 0.29) is 24.1 Å². The zero-order valence-electron chi connectivity index (χ0n) is 16.1. The van der Waals surface area contributed by atoms with Crippen LogP contribution in [-0.2, 0) is 24.1 Å². The largest absolute Gasteiger partial charge is 0.488 e. The molecule has 0 saturated heterocycles. The molecule has 3 N–H and O–H groups in total. The molecule has 2 aromatic carbocycles. The number of nitrogens with one attached hydrogen (secondary N) is 2. The summed E-state index contributed by atoms with van der Waals surface area (Å²) in [5.41, 5.74) is 2.49. The van der Waals surface area contributed by atoms with Crippen LogP contribution in [0.5, 0.6) is 5.75 Å². The highest BCUT2D eigenvalue weighted by Crippen LogP contribution is 2.34. The van der Waals surface area contributed by atoms with Gasteiger partial charge in [0, 0.05) is 18.2 Å². The molecule has 0 aliphatic carbocycles. The molecule has 3 aromatic rings. The fourth-order valence-electron chi connectivity index (χ4n) is 2.67. The van der Waals surface area contributed by atoms with Crippen LogP contribution in [0, 0.1) is 5.41 Å². The second kappa shape index (κ2) is 9.65. The molecule has 164 valence electrons. The maximum atomic E-state index is 12.8. The summed E-state index contributed by atoms with van der Waals surface area (Å²) < 4.78 is 49.3. The highest BCUT2D eigenvalue weighted by molar-refractivity contribution is 7.15. The molecule has 3 rings (SSSR count). The fraction of sp³-hybridized carbons (Fsp3) is 0.200. The molecule has 0 unspecified atom stereocenters. The summed E-state index contributed by atoms with van der Waals surface area (Å²) in [5, 5.41) is 17.2. The Bertz CT molecular complexity index is 1070. The maximum absolute atomic E-state index is 12.8. The molecule has 1 aromatic heterocycles. The van der Waals surface area contributed by atoms with Crippen LogP contribution in [0.3, 0.4) is 0 Å². The molecule has 0 spiro atoms. The Hall–Kier alpha value is -2.66. The molecule has 0 fully saturated rings. The normalized spacial score (nSPS) is 11.4. The minimum Gasteiger partial charge on any atom is -0.488 e. The third kappa shape index (κ3) is 5.53. The second-order valence-corrected chi connectivity index (χ2v) is 7.80. The van der Waals surface area contributed by atoms with E-state index in [0.717, 1.165) is 17.0 Å². The minimum atomic E-state index is -4.40. The molecule has 0 saturated carbocycles. The quantitative estimate of drug-likeness (QED) is 0.240. The SMILES string of the molecule is COCc1nc(-c2ccc(C(F)(F)F)cc2)sc1COc1ccc(C(=N)NO)c(Cl)c1. The van der Waals surface area contributed by atoms with Gasteiger partial charge in [-0.05, 0) is 30.3 Å². The van der Waals surface area contributed by atoms with Gasteiger partial charge in [-0.25, -0.2) is 4.98 Å². The smallest absolute Gasteiger partial charge is 0.416 e. The Labute approximate surface area is 184 Å². The first-order valence-corrected chi connectivity index (χ1v) is 9.99. The van der Waals surface area contributed by atoms with Crippen molar-refractivity contribution >= 4 is 28.8 Å². The van der Waals surface area contributed by atoms with Crippen LogP contribution in [0.25, 0.3) is 10.6 Å². The van der Waals surface area contributed by atoms with E-state index in [2.05, 4.69) is 4.98 Å². The molecule has 0 aliphatic rings. The van der Waals surface area contributed by atoms with Crippen molar-refractivity contribution in [3.63, 3.8) is 0 Å². The second-order valence-electron chi connectivity index (χ2n) is 6.31. The van der Waals surface area contributed by atoms with Gasteiger partial charge in [-0.2, -0.15) is 13.2 Å². The number of ether oxygens (including phenoxy) is 2. The summed E-state index contributed by atoms with van der Waals surface area (Å²) in [6.07, 6.45) is -4.40. The number of aromatic nitrogens is 1. The average Bonchev–Trinajstić information content (AvgIpc) is 3.14. The van der Waals surface area contributed by atoms with Crippen molar-refractivity contribution in [3.8, 4) is 16.3 Å². The number of rotatable bonds is 7. The Balaban J connectivity index is 1.79. The third-order valence-corrected chi connectivity index (χ3v) is 5.64. The van der Waals surface area contributed by atoms with E-state index in [1.54, 1.807) is 11.5 Å². The Morgan fingerprint density at radius 2 is 1.90 bits per heavy atom. The summed E-state index contributed by atoms with van der Waals surface area (Å²) >= 11 is 7.41. The van der Waals surface area contributed by atoms with Gasteiger partial charge >= 0.3 is 6.18 Å². The van der Waals surface area contributed by atoms with Crippen molar-refractivity contribution in [1.82, 2.24) is 10.5 Å². The van der Waals surface area contributed by atoms with Gasteiger partial charge in [0.15, 0.2) is 5.84 Å². The van der Waals surface area contributed by atoms with Gasteiger partial charge in [-0.1, -0.05) is 23.7 Å². The van der Waals surface area contributed by atoms with Crippen molar-refractivity contribution in [2.45, 2.75) is 19.4 Å². The number of benzene rings is 2. The van der Waals surface area contributed by atoms with E-state index in [1.165, 1.54) is 42.7 Å². The molecule has 1 heterocycles. The zero-order chi connectivity index (χ0) is 22.6. The van der Waals surface area contributed by atoms with Crippen LogP contribution in [0.1, 0.15) is 21.7 Å². The number of hydrogen-bond donors (Lipinski definition) is 3.